The van der Waals surface area contributed by atoms with Gasteiger partial charge < -0.3 is 40.1 Å². The van der Waals surface area contributed by atoms with Crippen molar-refractivity contribution < 1.29 is 59.3 Å². The van der Waals surface area contributed by atoms with Crippen LogP contribution in [0.25, 0.3) is 0 Å². The molecule has 0 spiro atoms. The maximum Gasteiger partial charge on any atom is 0.303 e. The van der Waals surface area contributed by atoms with Gasteiger partial charge in [0.15, 0.2) is 0 Å². The number of carboxylic acid groups (broad SMARTS) is 4. The lowest BCUT2D eigenvalue weighted by Crippen LogP contribution is -2.24. The maximum atomic E-state index is 9.90. The van der Waals surface area contributed by atoms with E-state index < -0.39 is 30.0 Å². The molecule has 12 nitrogen and oxygen atoms in total. The van der Waals surface area contributed by atoms with E-state index in [0.717, 1.165) is 0 Å². The van der Waals surface area contributed by atoms with E-state index in [1.807, 2.05) is 6.92 Å². The van der Waals surface area contributed by atoms with E-state index in [0.29, 0.717) is 38.9 Å². The zero-order valence-corrected chi connectivity index (χ0v) is 19.6. The number of aliphatic carboxylic acids is 4. The summed E-state index contributed by atoms with van der Waals surface area (Å²) >= 11 is 0. The lowest BCUT2D eigenvalue weighted by Gasteiger charge is -2.16. The topological polar surface area (TPSA) is 208 Å². The molecule has 0 saturated carbocycles. The first-order chi connectivity index (χ1) is 15.3. The summed E-state index contributed by atoms with van der Waals surface area (Å²) < 4.78 is 10.5. The highest BCUT2D eigenvalue weighted by atomic mass is 16.5. The van der Waals surface area contributed by atoms with Crippen LogP contribution < -0.4 is 0 Å². The molecular formula is C21H40O12. The van der Waals surface area contributed by atoms with Crippen LogP contribution in [0.1, 0.15) is 72.1 Å². The molecule has 33 heavy (non-hydrogen) atoms. The fraction of sp³-hybridized carbons (Fsp3) is 0.810. The summed E-state index contributed by atoms with van der Waals surface area (Å²) in [6.07, 6.45) is 1.38. The molecule has 0 rings (SSSR count). The third kappa shape index (κ3) is 40.6. The first-order valence-electron chi connectivity index (χ1n) is 10.7. The molecule has 196 valence electrons. The van der Waals surface area contributed by atoms with Crippen molar-refractivity contribution in [2.24, 2.45) is 0 Å². The van der Waals surface area contributed by atoms with Crippen molar-refractivity contribution in [2.45, 2.75) is 90.4 Å². The van der Waals surface area contributed by atoms with E-state index in [-0.39, 0.29) is 44.5 Å². The van der Waals surface area contributed by atoms with E-state index in [1.54, 1.807) is 13.8 Å². The summed E-state index contributed by atoms with van der Waals surface area (Å²) in [5, 5.41) is 50.1. The molecule has 12 heteroatoms. The Bertz CT molecular complexity index is 457. The molecule has 3 unspecified atom stereocenters. The minimum absolute atomic E-state index is 0.0170. The third-order valence-electron chi connectivity index (χ3n) is 3.56. The maximum absolute atomic E-state index is 9.90. The molecule has 0 saturated heterocycles. The predicted octanol–water partition coefficient (Wildman–Crippen LogP) is 1.60. The van der Waals surface area contributed by atoms with E-state index in [1.165, 1.54) is 0 Å². The molecular weight excluding hydrogens is 444 g/mol. The summed E-state index contributed by atoms with van der Waals surface area (Å²) in [5.41, 5.74) is 0. The Morgan fingerprint density at radius 1 is 0.606 bits per heavy atom. The van der Waals surface area contributed by atoms with Gasteiger partial charge >= 0.3 is 23.9 Å². The van der Waals surface area contributed by atoms with Crippen molar-refractivity contribution in [3.63, 3.8) is 0 Å². The van der Waals surface area contributed by atoms with Crippen LogP contribution in [0.15, 0.2) is 0 Å². The molecule has 0 aliphatic rings. The lowest BCUT2D eigenvalue weighted by molar-refractivity contribution is -0.139. The van der Waals surface area contributed by atoms with Gasteiger partial charge in [-0.3, -0.25) is 19.2 Å². The highest BCUT2D eigenvalue weighted by molar-refractivity contribution is 5.68. The van der Waals surface area contributed by atoms with Gasteiger partial charge in [0.05, 0.1) is 38.1 Å². The highest BCUT2D eigenvalue weighted by Crippen LogP contribution is 2.00. The average Bonchev–Trinajstić information content (AvgIpc) is 2.71. The van der Waals surface area contributed by atoms with Crippen LogP contribution in [-0.2, 0) is 28.7 Å². The summed E-state index contributed by atoms with van der Waals surface area (Å²) in [7, 11) is 0. The van der Waals surface area contributed by atoms with E-state index >= 15 is 0 Å². The normalized spacial score (nSPS) is 12.8. The Labute approximate surface area is 194 Å². The van der Waals surface area contributed by atoms with Crippen LogP contribution in [0.4, 0.5) is 0 Å². The van der Waals surface area contributed by atoms with Gasteiger partial charge in [-0.2, -0.15) is 0 Å². The Morgan fingerprint density at radius 2 is 0.909 bits per heavy atom. The molecule has 3 atom stereocenters. The van der Waals surface area contributed by atoms with Gasteiger partial charge in [-0.1, -0.05) is 0 Å². The number of hydrogen-bond acceptors (Lipinski definition) is 8. The van der Waals surface area contributed by atoms with Crippen LogP contribution in [0.2, 0.25) is 0 Å². The van der Waals surface area contributed by atoms with Crippen LogP contribution in [-0.4, -0.2) is 92.6 Å². The smallest absolute Gasteiger partial charge is 0.303 e. The Kier molecular flexibility index (Phi) is 26.1. The number of carbonyl (C=O) groups is 4. The molecule has 0 aromatic carbocycles. The third-order valence-corrected chi connectivity index (χ3v) is 3.56. The van der Waals surface area contributed by atoms with E-state index in [4.69, 9.17) is 40.1 Å². The Morgan fingerprint density at radius 3 is 1.15 bits per heavy atom. The molecule has 0 aromatic rings. The zero-order chi connectivity index (χ0) is 26.2. The summed E-state index contributed by atoms with van der Waals surface area (Å²) in [6, 6.07) is 0. The van der Waals surface area contributed by atoms with Crippen molar-refractivity contribution in [3.05, 3.63) is 0 Å². The Balaban J connectivity index is -0.000000415. The monoisotopic (exact) mass is 484 g/mol. The van der Waals surface area contributed by atoms with Crippen molar-refractivity contribution in [1.82, 2.24) is 0 Å². The predicted molar refractivity (Wildman–Crippen MR) is 117 cm³/mol. The summed E-state index contributed by atoms with van der Waals surface area (Å²) in [6.45, 7) is 6.10. The summed E-state index contributed by atoms with van der Waals surface area (Å²) in [5.74, 6) is -3.48. The van der Waals surface area contributed by atoms with Gasteiger partial charge in [0.1, 0.15) is 0 Å². The number of ether oxygens (including phenoxy) is 2. The van der Waals surface area contributed by atoms with Crippen LogP contribution in [0.3, 0.4) is 0 Å². The van der Waals surface area contributed by atoms with E-state index in [2.05, 4.69) is 0 Å². The molecule has 0 aliphatic heterocycles. The second-order valence-electron chi connectivity index (χ2n) is 7.31. The average molecular weight is 485 g/mol. The Hall–Kier alpha value is -2.28. The van der Waals surface area contributed by atoms with Crippen LogP contribution in [0.5, 0.6) is 0 Å². The van der Waals surface area contributed by atoms with Crippen molar-refractivity contribution in [1.29, 1.82) is 0 Å². The molecule has 0 amide bonds. The molecule has 0 aliphatic carbocycles. The molecule has 6 N–H and O–H groups in total. The lowest BCUT2D eigenvalue weighted by atomic mass is 10.2. The summed E-state index contributed by atoms with van der Waals surface area (Å²) in [4.78, 5) is 39.6. The van der Waals surface area contributed by atoms with Gasteiger partial charge in [-0.15, -0.1) is 0 Å². The minimum Gasteiger partial charge on any atom is -0.481 e. The number of unbranched alkanes of at least 4 members (excludes halogenated alkanes) is 2. The van der Waals surface area contributed by atoms with Crippen LogP contribution >= 0.6 is 0 Å². The number of carboxylic acids is 4. The standard InChI is InChI=1S/C9H20O4.2C6H10O4/c1-7(11)5-12-9(3)6-13-8(2)4-10;2*7-5(8)3-1-2-4-6(9)10/h7-11H,4-6H2,1-3H3;2*1-4H2,(H,7,8)(H,9,10). The second kappa shape index (κ2) is 24.4. The first kappa shape index (κ1) is 35.3. The zero-order valence-electron chi connectivity index (χ0n) is 19.6. The van der Waals surface area contributed by atoms with Gasteiger partial charge in [-0.25, -0.2) is 0 Å². The second-order valence-corrected chi connectivity index (χ2v) is 7.31. The van der Waals surface area contributed by atoms with Crippen molar-refractivity contribution in [2.75, 3.05) is 19.8 Å². The number of hydrogen-bond donors (Lipinski definition) is 6. The molecule has 0 bridgehead atoms. The fourth-order valence-electron chi connectivity index (χ4n) is 1.81. The van der Waals surface area contributed by atoms with Crippen molar-refractivity contribution in [3.8, 4) is 0 Å². The first-order valence-corrected chi connectivity index (χ1v) is 10.7. The molecule has 0 fully saturated rings. The quantitative estimate of drug-likeness (QED) is 0.163. The van der Waals surface area contributed by atoms with Gasteiger partial charge in [0, 0.05) is 25.7 Å². The van der Waals surface area contributed by atoms with Gasteiger partial charge in [-0.05, 0) is 46.5 Å². The largest absolute Gasteiger partial charge is 0.481 e. The van der Waals surface area contributed by atoms with Crippen LogP contribution in [0, 0.1) is 0 Å². The SMILES string of the molecule is CC(O)COC(C)COC(C)CO.O=C(O)CCCCC(=O)O.O=C(O)CCCCC(=O)O. The molecule has 0 aromatic heterocycles. The fourth-order valence-corrected chi connectivity index (χ4v) is 1.81. The number of rotatable bonds is 17. The molecule has 0 radical (unpaired) electrons. The number of aliphatic hydroxyl groups is 2. The number of aliphatic hydroxyl groups excluding tert-OH is 2. The molecule has 0 heterocycles. The highest BCUT2D eigenvalue weighted by Gasteiger charge is 2.07. The van der Waals surface area contributed by atoms with Gasteiger partial charge in [0.2, 0.25) is 0 Å². The van der Waals surface area contributed by atoms with E-state index in [9.17, 15) is 19.2 Å². The minimum atomic E-state index is -0.870. The van der Waals surface area contributed by atoms with Gasteiger partial charge in [0.25, 0.3) is 0 Å². The van der Waals surface area contributed by atoms with Crippen molar-refractivity contribution >= 4 is 23.9 Å².